The smallest absolute Gasteiger partial charge is 0.343 e. The molecular weight excluding hydrogens is 283 g/mol. The molecule has 1 unspecified atom stereocenters. The molecule has 0 aromatic heterocycles. The fourth-order valence-corrected chi connectivity index (χ4v) is 5.56. The third kappa shape index (κ3) is 4.91. The second kappa shape index (κ2) is 8.42. The summed E-state index contributed by atoms with van der Waals surface area (Å²) in [6, 6.07) is 0. The van der Waals surface area contributed by atoms with Gasteiger partial charge in [0.2, 0.25) is 5.34 Å². The lowest BCUT2D eigenvalue weighted by molar-refractivity contribution is -0.151. The normalized spacial score (nSPS) is 14.8. The molecule has 0 bridgehead atoms. The van der Waals surface area contributed by atoms with Gasteiger partial charge in [0.1, 0.15) is 7.14 Å². The molecule has 20 heavy (non-hydrogen) atoms. The lowest BCUT2D eigenvalue weighted by Crippen LogP contribution is -2.40. The third-order valence-corrected chi connectivity index (χ3v) is 7.29. The van der Waals surface area contributed by atoms with Crippen LogP contribution in [0.5, 0.6) is 0 Å². The summed E-state index contributed by atoms with van der Waals surface area (Å²) in [7, 11) is -3.39. The second-order valence-corrected chi connectivity index (χ2v) is 8.47. The van der Waals surface area contributed by atoms with Gasteiger partial charge < -0.3 is 19.9 Å². The number of hydrogen-bond donors (Lipinski definition) is 3. The number of aliphatic carboxylic acids is 2. The van der Waals surface area contributed by atoms with Crippen LogP contribution in [-0.4, -0.2) is 44.9 Å². The minimum Gasteiger partial charge on any atom is -0.481 e. The molecule has 0 spiro atoms. The van der Waals surface area contributed by atoms with Crippen LogP contribution in [0.25, 0.3) is 0 Å². The Morgan fingerprint density at radius 1 is 1.05 bits per heavy atom. The van der Waals surface area contributed by atoms with E-state index in [2.05, 4.69) is 0 Å². The molecule has 118 valence electrons. The molecule has 0 fully saturated rings. The van der Waals surface area contributed by atoms with E-state index in [-0.39, 0.29) is 12.3 Å². The number of rotatable bonds is 11. The van der Waals surface area contributed by atoms with Crippen LogP contribution in [0, 0.1) is 0 Å². The van der Waals surface area contributed by atoms with Gasteiger partial charge in [0.25, 0.3) is 0 Å². The van der Waals surface area contributed by atoms with Crippen molar-refractivity contribution in [3.63, 3.8) is 0 Å². The van der Waals surface area contributed by atoms with E-state index in [0.29, 0.717) is 12.8 Å². The van der Waals surface area contributed by atoms with E-state index >= 15 is 0 Å². The zero-order valence-corrected chi connectivity index (χ0v) is 13.1. The van der Waals surface area contributed by atoms with Crippen LogP contribution in [0.4, 0.5) is 0 Å². The first kappa shape index (κ1) is 19.1. The van der Waals surface area contributed by atoms with Gasteiger partial charge in [-0.25, -0.2) is 4.79 Å². The Balaban J connectivity index is 5.33. The lowest BCUT2D eigenvalue weighted by atomic mass is 10.2. The van der Waals surface area contributed by atoms with Crippen LogP contribution >= 0.6 is 7.14 Å². The molecule has 0 amide bonds. The van der Waals surface area contributed by atoms with E-state index in [1.807, 2.05) is 13.8 Å². The molecule has 7 heteroatoms. The summed E-state index contributed by atoms with van der Waals surface area (Å²) in [4.78, 5) is 22.0. The molecule has 0 rings (SSSR count). The summed E-state index contributed by atoms with van der Waals surface area (Å²) in [6.07, 6.45) is 1.87. The highest BCUT2D eigenvalue weighted by Gasteiger charge is 2.51. The zero-order chi connectivity index (χ0) is 15.8. The number of unbranched alkanes of at least 4 members (excludes halogenated alkanes) is 2. The summed E-state index contributed by atoms with van der Waals surface area (Å²) in [5.41, 5.74) is 0. The van der Waals surface area contributed by atoms with Crippen molar-refractivity contribution in [2.24, 2.45) is 0 Å². The number of carboxylic acids is 2. The predicted molar refractivity (Wildman–Crippen MR) is 76.6 cm³/mol. The minimum atomic E-state index is -3.39. The van der Waals surface area contributed by atoms with Crippen molar-refractivity contribution in [3.05, 3.63) is 0 Å². The third-order valence-electron chi connectivity index (χ3n) is 3.45. The molecule has 0 aromatic rings. The molecule has 0 heterocycles. The van der Waals surface area contributed by atoms with Gasteiger partial charge in [0.15, 0.2) is 0 Å². The van der Waals surface area contributed by atoms with Crippen LogP contribution in [0.15, 0.2) is 0 Å². The van der Waals surface area contributed by atoms with Crippen LogP contribution in [-0.2, 0) is 14.2 Å². The average Bonchev–Trinajstić information content (AvgIpc) is 2.39. The molecule has 0 aromatic carbocycles. The monoisotopic (exact) mass is 308 g/mol. The van der Waals surface area contributed by atoms with E-state index in [1.54, 1.807) is 0 Å². The molecule has 0 radical (unpaired) electrons. The molecule has 1 atom stereocenters. The highest BCUT2D eigenvalue weighted by atomic mass is 31.2. The van der Waals surface area contributed by atoms with Gasteiger partial charge in [-0.3, -0.25) is 4.79 Å². The largest absolute Gasteiger partial charge is 0.481 e. The Morgan fingerprint density at radius 3 is 1.80 bits per heavy atom. The van der Waals surface area contributed by atoms with Gasteiger partial charge in [0.05, 0.1) is 0 Å². The van der Waals surface area contributed by atoms with E-state index in [1.165, 1.54) is 0 Å². The Bertz CT molecular complexity index is 369. The molecular formula is C13H25O6P. The maximum Gasteiger partial charge on any atom is 0.343 e. The first-order chi connectivity index (χ1) is 9.23. The van der Waals surface area contributed by atoms with Crippen molar-refractivity contribution < 1.29 is 29.5 Å². The minimum absolute atomic E-state index is 0.145. The number of carbonyl (C=O) groups is 2. The van der Waals surface area contributed by atoms with Gasteiger partial charge in [-0.1, -0.05) is 26.7 Å². The fourth-order valence-electron chi connectivity index (χ4n) is 2.08. The standard InChI is InChI=1S/C13H25O6P/c1-3-5-9-20(19,10-6-4-2)13(18,12(16)17)8-7-11(14)15/h18H,3-10H2,1-2H3,(H,14,15)(H,16,17). The highest BCUT2D eigenvalue weighted by molar-refractivity contribution is 7.66. The SMILES string of the molecule is CCCCP(=O)(CCCC)C(O)(CCC(=O)O)C(=O)O. The van der Waals surface area contributed by atoms with Crippen molar-refractivity contribution in [2.75, 3.05) is 12.3 Å². The summed E-state index contributed by atoms with van der Waals surface area (Å²) < 4.78 is 13.0. The average molecular weight is 308 g/mol. The quantitative estimate of drug-likeness (QED) is 0.506. The Morgan fingerprint density at radius 2 is 1.50 bits per heavy atom. The maximum atomic E-state index is 13.0. The van der Waals surface area contributed by atoms with Gasteiger partial charge in [-0.2, -0.15) is 0 Å². The maximum absolute atomic E-state index is 13.0. The van der Waals surface area contributed by atoms with Crippen LogP contribution in [0.2, 0.25) is 0 Å². The Kier molecular flexibility index (Phi) is 8.06. The van der Waals surface area contributed by atoms with E-state index in [4.69, 9.17) is 5.11 Å². The van der Waals surface area contributed by atoms with E-state index < -0.39 is 37.3 Å². The van der Waals surface area contributed by atoms with Crippen molar-refractivity contribution in [2.45, 2.75) is 57.7 Å². The predicted octanol–water partition coefficient (Wildman–Crippen LogP) is 2.59. The van der Waals surface area contributed by atoms with Gasteiger partial charge in [-0.05, 0) is 12.8 Å². The topological polar surface area (TPSA) is 112 Å². The molecule has 0 saturated carbocycles. The zero-order valence-electron chi connectivity index (χ0n) is 12.2. The van der Waals surface area contributed by atoms with Crippen molar-refractivity contribution in [1.29, 1.82) is 0 Å². The molecule has 0 saturated heterocycles. The summed E-state index contributed by atoms with van der Waals surface area (Å²) in [6.45, 7) is 3.78. The van der Waals surface area contributed by atoms with Crippen molar-refractivity contribution in [1.82, 2.24) is 0 Å². The van der Waals surface area contributed by atoms with Gasteiger partial charge in [-0.15, -0.1) is 0 Å². The van der Waals surface area contributed by atoms with E-state index in [9.17, 15) is 24.4 Å². The number of hydrogen-bond acceptors (Lipinski definition) is 4. The summed E-state index contributed by atoms with van der Waals surface area (Å²) >= 11 is 0. The molecule has 3 N–H and O–H groups in total. The van der Waals surface area contributed by atoms with Gasteiger partial charge >= 0.3 is 11.9 Å². The van der Waals surface area contributed by atoms with Gasteiger partial charge in [0, 0.05) is 25.2 Å². The number of carboxylic acid groups (broad SMARTS) is 2. The van der Waals surface area contributed by atoms with Crippen molar-refractivity contribution >= 4 is 19.1 Å². The summed E-state index contributed by atoms with van der Waals surface area (Å²) in [5.74, 6) is -2.78. The second-order valence-electron chi connectivity index (χ2n) is 5.06. The van der Waals surface area contributed by atoms with Crippen LogP contribution in [0.3, 0.4) is 0 Å². The highest BCUT2D eigenvalue weighted by Crippen LogP contribution is 2.60. The first-order valence-electron chi connectivity index (χ1n) is 6.99. The van der Waals surface area contributed by atoms with Crippen LogP contribution < -0.4 is 0 Å². The summed E-state index contributed by atoms with van der Waals surface area (Å²) in [5, 5.41) is 25.9. The first-order valence-corrected chi connectivity index (χ1v) is 9.07. The molecule has 0 aliphatic heterocycles. The molecule has 0 aliphatic rings. The fraction of sp³-hybridized carbons (Fsp3) is 0.846. The van der Waals surface area contributed by atoms with Crippen molar-refractivity contribution in [3.8, 4) is 0 Å². The van der Waals surface area contributed by atoms with Crippen LogP contribution in [0.1, 0.15) is 52.4 Å². The molecule has 0 aliphatic carbocycles. The Hall–Kier alpha value is -0.870. The molecule has 6 nitrogen and oxygen atoms in total. The van der Waals surface area contributed by atoms with E-state index in [0.717, 1.165) is 12.8 Å². The number of aliphatic hydroxyl groups is 1. The Labute approximate surface area is 119 Å². The lowest BCUT2D eigenvalue weighted by Gasteiger charge is -2.32.